The van der Waals surface area contributed by atoms with Gasteiger partial charge >= 0.3 is 0 Å². The average Bonchev–Trinajstić information content (AvgIpc) is 3.46. The molecule has 8 heteroatoms. The highest BCUT2D eigenvalue weighted by atomic mass is 32.2. The van der Waals surface area contributed by atoms with Crippen LogP contribution in [0.1, 0.15) is 43.7 Å². The number of benzene rings is 2. The van der Waals surface area contributed by atoms with E-state index in [-0.39, 0.29) is 6.10 Å². The molecule has 5 rings (SSSR count). The van der Waals surface area contributed by atoms with E-state index >= 15 is 0 Å². The van der Waals surface area contributed by atoms with E-state index in [1.807, 2.05) is 6.07 Å². The fraction of sp³-hybridized carbons (Fsp3) is 0.500. The number of aromatic nitrogens is 2. The monoisotopic (exact) mass is 499 g/mol. The number of ether oxygens (including phenoxy) is 1. The topological polar surface area (TPSA) is 64.4 Å². The lowest BCUT2D eigenvalue weighted by Gasteiger charge is -2.30. The summed E-state index contributed by atoms with van der Waals surface area (Å²) in [7, 11) is -3.52. The number of nitrogens with zero attached hydrogens (tertiary/aromatic N) is 3. The molecule has 0 bridgehead atoms. The zero-order valence-corrected chi connectivity index (χ0v) is 21.6. The van der Waals surface area contributed by atoms with Gasteiger partial charge in [-0.2, -0.15) is 4.31 Å². The maximum Gasteiger partial charge on any atom is 0.243 e. The Morgan fingerprint density at radius 3 is 2.76 bits per heavy atom. The molecule has 0 radical (unpaired) electrons. The summed E-state index contributed by atoms with van der Waals surface area (Å²) in [6.07, 6.45) is 4.30. The third kappa shape index (κ3) is 4.91. The van der Waals surface area contributed by atoms with Crippen molar-refractivity contribution in [2.75, 3.05) is 19.7 Å². The lowest BCUT2D eigenvalue weighted by atomic mass is 10.0. The van der Waals surface area contributed by atoms with Crippen molar-refractivity contribution in [1.29, 1.82) is 0 Å². The molecule has 0 saturated carbocycles. The fourth-order valence-electron chi connectivity index (χ4n) is 4.95. The first kappa shape index (κ1) is 23.9. The summed E-state index contributed by atoms with van der Waals surface area (Å²) in [5.41, 5.74) is 4.25. The minimum Gasteiger partial charge on any atom is -0.376 e. The van der Waals surface area contributed by atoms with Gasteiger partial charge in [-0.1, -0.05) is 43.0 Å². The first-order valence-corrected chi connectivity index (χ1v) is 14.6. The van der Waals surface area contributed by atoms with E-state index in [1.54, 1.807) is 28.2 Å². The van der Waals surface area contributed by atoms with E-state index in [4.69, 9.17) is 9.72 Å². The molecule has 3 aromatic rings. The molecule has 0 aliphatic carbocycles. The van der Waals surface area contributed by atoms with Gasteiger partial charge in [0.15, 0.2) is 5.16 Å². The Morgan fingerprint density at radius 1 is 1.15 bits per heavy atom. The minimum absolute atomic E-state index is 0.174. The SMILES string of the molecule is Cc1ccccc1CSc1nc2cc(S(=O)(=O)N3CCC[C@H](C)C3)ccc2n1C[C@@H]1CCCO1. The number of rotatable bonds is 7. The van der Waals surface area contributed by atoms with Crippen molar-refractivity contribution in [3.63, 3.8) is 0 Å². The highest BCUT2D eigenvalue weighted by molar-refractivity contribution is 7.98. The second-order valence-corrected chi connectivity index (χ2v) is 12.5. The van der Waals surface area contributed by atoms with E-state index in [9.17, 15) is 8.42 Å². The van der Waals surface area contributed by atoms with Crippen LogP contribution < -0.4 is 0 Å². The second-order valence-electron chi connectivity index (χ2n) is 9.62. The van der Waals surface area contributed by atoms with Gasteiger partial charge in [-0.05, 0) is 67.9 Å². The molecule has 2 aromatic carbocycles. The number of imidazole rings is 1. The summed E-state index contributed by atoms with van der Waals surface area (Å²) in [6.45, 7) is 6.97. The molecule has 2 aliphatic heterocycles. The summed E-state index contributed by atoms with van der Waals surface area (Å²) in [6, 6.07) is 13.8. The van der Waals surface area contributed by atoms with Crippen molar-refractivity contribution < 1.29 is 13.2 Å². The van der Waals surface area contributed by atoms with Crippen LogP contribution in [-0.2, 0) is 27.1 Å². The molecule has 182 valence electrons. The lowest BCUT2D eigenvalue weighted by molar-refractivity contribution is 0.0960. The normalized spacial score (nSPS) is 21.9. The summed E-state index contributed by atoms with van der Waals surface area (Å²) in [4.78, 5) is 5.26. The van der Waals surface area contributed by atoms with Crippen molar-refractivity contribution >= 4 is 32.8 Å². The zero-order valence-electron chi connectivity index (χ0n) is 19.9. The minimum atomic E-state index is -3.52. The van der Waals surface area contributed by atoms with Crippen LogP contribution in [0.5, 0.6) is 0 Å². The third-order valence-corrected chi connectivity index (χ3v) is 9.86. The standard InChI is InChI=1S/C26H33N3O3S2/c1-19-7-5-13-28(16-19)34(30,31)23-11-12-25-24(15-23)27-26(29(25)17-22-10-6-14-32-22)33-18-21-9-4-3-8-20(21)2/h3-4,8-9,11-12,15,19,22H,5-7,10,13-14,16-18H2,1-2H3/t19-,22-/m0/s1. The van der Waals surface area contributed by atoms with Crippen molar-refractivity contribution in [1.82, 2.24) is 13.9 Å². The molecule has 2 saturated heterocycles. The largest absolute Gasteiger partial charge is 0.376 e. The van der Waals surface area contributed by atoms with Crippen LogP contribution in [0.25, 0.3) is 11.0 Å². The number of fused-ring (bicyclic) bond motifs is 1. The highest BCUT2D eigenvalue weighted by Gasteiger charge is 2.29. The molecule has 0 spiro atoms. The molecular weight excluding hydrogens is 466 g/mol. The third-order valence-electron chi connectivity index (χ3n) is 6.97. The molecule has 34 heavy (non-hydrogen) atoms. The first-order valence-electron chi connectivity index (χ1n) is 12.2. The molecule has 2 aliphatic rings. The van der Waals surface area contributed by atoms with E-state index in [0.29, 0.717) is 23.9 Å². The predicted molar refractivity (Wildman–Crippen MR) is 137 cm³/mol. The van der Waals surface area contributed by atoms with Gasteiger partial charge in [0, 0.05) is 25.4 Å². The number of hydrogen-bond acceptors (Lipinski definition) is 5. The maximum atomic E-state index is 13.4. The number of sulfonamides is 1. The van der Waals surface area contributed by atoms with Crippen molar-refractivity contribution in [2.24, 2.45) is 5.92 Å². The van der Waals surface area contributed by atoms with Gasteiger partial charge in [0.05, 0.1) is 28.6 Å². The summed E-state index contributed by atoms with van der Waals surface area (Å²) in [5.74, 6) is 1.21. The summed E-state index contributed by atoms with van der Waals surface area (Å²) < 4.78 is 36.5. The van der Waals surface area contributed by atoms with Crippen LogP contribution in [0, 0.1) is 12.8 Å². The molecule has 6 nitrogen and oxygen atoms in total. The number of piperidine rings is 1. The summed E-state index contributed by atoms with van der Waals surface area (Å²) in [5, 5.41) is 0.912. The van der Waals surface area contributed by atoms with Crippen LogP contribution >= 0.6 is 11.8 Å². The Labute approximate surface area is 206 Å². The van der Waals surface area contributed by atoms with Gasteiger partial charge in [-0.25, -0.2) is 13.4 Å². The Balaban J connectivity index is 1.48. The van der Waals surface area contributed by atoms with Crippen LogP contribution in [0.3, 0.4) is 0 Å². The fourth-order valence-corrected chi connectivity index (χ4v) is 7.67. The molecule has 0 unspecified atom stereocenters. The van der Waals surface area contributed by atoms with E-state index < -0.39 is 10.0 Å². The predicted octanol–water partition coefficient (Wildman–Crippen LogP) is 5.24. The highest BCUT2D eigenvalue weighted by Crippen LogP contribution is 2.32. The van der Waals surface area contributed by atoms with Gasteiger partial charge in [0.2, 0.25) is 10.0 Å². The number of aryl methyl sites for hydroxylation is 1. The van der Waals surface area contributed by atoms with Crippen LogP contribution in [0.15, 0.2) is 52.5 Å². The Morgan fingerprint density at radius 2 is 2.00 bits per heavy atom. The molecule has 0 N–H and O–H groups in total. The molecule has 1 aromatic heterocycles. The Hall–Kier alpha value is -1.87. The molecule has 3 heterocycles. The van der Waals surface area contributed by atoms with Crippen LogP contribution in [0.2, 0.25) is 0 Å². The summed E-state index contributed by atoms with van der Waals surface area (Å²) >= 11 is 1.70. The Bertz CT molecular complexity index is 1270. The number of thioether (sulfide) groups is 1. The first-order chi connectivity index (χ1) is 16.4. The van der Waals surface area contributed by atoms with E-state index in [0.717, 1.165) is 60.8 Å². The number of hydrogen-bond donors (Lipinski definition) is 0. The smallest absolute Gasteiger partial charge is 0.243 e. The van der Waals surface area contributed by atoms with E-state index in [1.165, 1.54) is 11.1 Å². The second kappa shape index (κ2) is 10.0. The van der Waals surface area contributed by atoms with Gasteiger partial charge < -0.3 is 9.30 Å². The Kier molecular flexibility index (Phi) is 7.02. The van der Waals surface area contributed by atoms with Crippen LogP contribution in [0.4, 0.5) is 0 Å². The zero-order chi connectivity index (χ0) is 23.7. The van der Waals surface area contributed by atoms with Crippen LogP contribution in [-0.4, -0.2) is 48.1 Å². The lowest BCUT2D eigenvalue weighted by Crippen LogP contribution is -2.39. The van der Waals surface area contributed by atoms with Crippen molar-refractivity contribution in [3.05, 3.63) is 53.6 Å². The van der Waals surface area contributed by atoms with Gasteiger partial charge in [-0.15, -0.1) is 0 Å². The van der Waals surface area contributed by atoms with Crippen molar-refractivity contribution in [3.8, 4) is 0 Å². The van der Waals surface area contributed by atoms with Gasteiger partial charge in [0.1, 0.15) is 0 Å². The quantitative estimate of drug-likeness (QED) is 0.416. The molecular formula is C26H33N3O3S2. The molecule has 2 atom stereocenters. The van der Waals surface area contributed by atoms with Gasteiger partial charge in [-0.3, -0.25) is 0 Å². The molecule has 2 fully saturated rings. The molecule has 0 amide bonds. The maximum absolute atomic E-state index is 13.4. The van der Waals surface area contributed by atoms with E-state index in [2.05, 4.69) is 42.7 Å². The van der Waals surface area contributed by atoms with Crippen molar-refractivity contribution in [2.45, 2.75) is 68.0 Å². The van der Waals surface area contributed by atoms with Gasteiger partial charge in [0.25, 0.3) is 0 Å². The average molecular weight is 500 g/mol.